The van der Waals surface area contributed by atoms with E-state index in [9.17, 15) is 9.59 Å². The maximum absolute atomic E-state index is 9.55. The molecule has 144 valence electrons. The summed E-state index contributed by atoms with van der Waals surface area (Å²) in [5.41, 5.74) is 7.13. The molecule has 8 heteroatoms. The van der Waals surface area contributed by atoms with Gasteiger partial charge in [0, 0.05) is 38.5 Å². The molecule has 0 spiro atoms. The number of hydrogen-bond donors (Lipinski definition) is 3. The van der Waals surface area contributed by atoms with Crippen LogP contribution in [0.2, 0.25) is 0 Å². The Hall–Kier alpha value is -2.71. The van der Waals surface area contributed by atoms with Crippen molar-refractivity contribution < 1.29 is 19.8 Å². The van der Waals surface area contributed by atoms with Gasteiger partial charge in [0.1, 0.15) is 0 Å². The van der Waals surface area contributed by atoms with E-state index in [1.54, 1.807) is 0 Å². The number of carbonyl (C=O) groups is 2. The Labute approximate surface area is 160 Å². The second-order valence-electron chi connectivity index (χ2n) is 6.53. The summed E-state index contributed by atoms with van der Waals surface area (Å²) < 4.78 is 3.38. The highest BCUT2D eigenvalue weighted by Crippen LogP contribution is 2.35. The van der Waals surface area contributed by atoms with Gasteiger partial charge in [0.25, 0.3) is 0 Å². The monoisotopic (exact) mass is 389 g/mol. The van der Waals surface area contributed by atoms with Crippen LogP contribution in [-0.2, 0) is 16.1 Å². The van der Waals surface area contributed by atoms with Crippen LogP contribution in [0.15, 0.2) is 36.5 Å². The van der Waals surface area contributed by atoms with Crippen molar-refractivity contribution in [1.82, 2.24) is 9.78 Å². The summed E-state index contributed by atoms with van der Waals surface area (Å²) in [5, 5.41) is 22.6. The van der Waals surface area contributed by atoms with Gasteiger partial charge < -0.3 is 15.9 Å². The van der Waals surface area contributed by atoms with Crippen LogP contribution in [0.1, 0.15) is 31.6 Å². The number of nitrogens with zero attached hydrogens (tertiary/aromatic N) is 2. The molecule has 1 atom stereocenters. The lowest BCUT2D eigenvalue weighted by Gasteiger charge is -2.07. The van der Waals surface area contributed by atoms with E-state index in [1.165, 1.54) is 25.9 Å². The molecule has 0 saturated heterocycles. The first-order chi connectivity index (χ1) is 12.7. The molecule has 7 nitrogen and oxygen atoms in total. The molecule has 0 aliphatic heterocycles. The van der Waals surface area contributed by atoms with E-state index >= 15 is 0 Å². The van der Waals surface area contributed by atoms with Gasteiger partial charge in [0.2, 0.25) is 0 Å². The summed E-state index contributed by atoms with van der Waals surface area (Å²) in [5.74, 6) is -1.95. The van der Waals surface area contributed by atoms with E-state index < -0.39 is 11.9 Å². The van der Waals surface area contributed by atoms with Crippen LogP contribution < -0.4 is 5.73 Å². The van der Waals surface area contributed by atoms with Crippen LogP contribution in [0, 0.1) is 0 Å². The fourth-order valence-electron chi connectivity index (χ4n) is 2.55. The zero-order valence-electron chi connectivity index (χ0n) is 15.4. The highest BCUT2D eigenvalue weighted by Gasteiger charge is 2.12. The van der Waals surface area contributed by atoms with Crippen LogP contribution in [0.5, 0.6) is 0 Å². The molecule has 1 aromatic carbocycles. The second kappa shape index (κ2) is 8.79. The van der Waals surface area contributed by atoms with Crippen molar-refractivity contribution in [3.8, 4) is 0 Å². The predicted octanol–water partition coefficient (Wildman–Crippen LogP) is 3.43. The van der Waals surface area contributed by atoms with Gasteiger partial charge in [-0.15, -0.1) is 11.3 Å². The third-order valence-electron chi connectivity index (χ3n) is 3.72. The van der Waals surface area contributed by atoms with Gasteiger partial charge in [0.05, 0.1) is 18.3 Å². The van der Waals surface area contributed by atoms with Gasteiger partial charge in [0.15, 0.2) is 0 Å². The first-order valence-corrected chi connectivity index (χ1v) is 9.28. The second-order valence-corrected chi connectivity index (χ2v) is 7.65. The van der Waals surface area contributed by atoms with E-state index in [1.807, 2.05) is 29.1 Å². The van der Waals surface area contributed by atoms with Gasteiger partial charge in [-0.1, -0.05) is 13.8 Å². The standard InChI is InChI=1S/C15H19N3S.C4H4O4/c1-9(2)14-6-12-13(19-14)5-4-11-7-17-18(15(11)12)8-10(3)16;5-3(6)1-2-4(7)8/h4-7,9-10H,8,16H2,1-3H3;1-2H,(H,5,6)(H,7,8)/b;2-1+/t10-;/m0./s1. The molecular weight excluding hydrogens is 366 g/mol. The molecule has 3 aromatic rings. The zero-order valence-corrected chi connectivity index (χ0v) is 16.2. The molecule has 2 heterocycles. The largest absolute Gasteiger partial charge is 0.478 e. The predicted molar refractivity (Wildman–Crippen MR) is 107 cm³/mol. The third kappa shape index (κ3) is 5.38. The molecule has 27 heavy (non-hydrogen) atoms. The average Bonchev–Trinajstić information content (AvgIpc) is 3.16. The van der Waals surface area contributed by atoms with E-state index in [2.05, 4.69) is 37.1 Å². The van der Waals surface area contributed by atoms with Gasteiger partial charge in [-0.25, -0.2) is 9.59 Å². The average molecular weight is 389 g/mol. The van der Waals surface area contributed by atoms with E-state index in [0.717, 1.165) is 6.54 Å². The van der Waals surface area contributed by atoms with E-state index in [4.69, 9.17) is 15.9 Å². The van der Waals surface area contributed by atoms with Gasteiger partial charge in [-0.2, -0.15) is 5.10 Å². The summed E-state index contributed by atoms with van der Waals surface area (Å²) in [4.78, 5) is 20.5. The topological polar surface area (TPSA) is 118 Å². The fraction of sp³-hybridized carbons (Fsp3) is 0.316. The molecule has 0 aliphatic rings. The van der Waals surface area contributed by atoms with E-state index in [-0.39, 0.29) is 6.04 Å². The number of fused-ring (bicyclic) bond motifs is 3. The minimum Gasteiger partial charge on any atom is -0.478 e. The summed E-state index contributed by atoms with van der Waals surface area (Å²) in [6.45, 7) is 7.25. The van der Waals surface area contributed by atoms with Crippen molar-refractivity contribution in [3.05, 3.63) is 41.4 Å². The lowest BCUT2D eigenvalue weighted by atomic mass is 10.1. The quantitative estimate of drug-likeness (QED) is 0.575. The smallest absolute Gasteiger partial charge is 0.328 e. The lowest BCUT2D eigenvalue weighted by Crippen LogP contribution is -2.22. The highest BCUT2D eigenvalue weighted by atomic mass is 32.1. The number of rotatable bonds is 5. The van der Waals surface area contributed by atoms with Crippen molar-refractivity contribution in [2.45, 2.75) is 39.3 Å². The fourth-order valence-corrected chi connectivity index (χ4v) is 3.62. The van der Waals surface area contributed by atoms with Crippen molar-refractivity contribution >= 4 is 44.3 Å². The van der Waals surface area contributed by atoms with Gasteiger partial charge >= 0.3 is 11.9 Å². The summed E-state index contributed by atoms with van der Waals surface area (Å²) >= 11 is 1.88. The first kappa shape index (κ1) is 20.6. The van der Waals surface area contributed by atoms with Crippen molar-refractivity contribution in [3.63, 3.8) is 0 Å². The van der Waals surface area contributed by atoms with Crippen molar-refractivity contribution in [2.75, 3.05) is 0 Å². The maximum atomic E-state index is 9.55. The van der Waals surface area contributed by atoms with E-state index in [0.29, 0.717) is 18.1 Å². The lowest BCUT2D eigenvalue weighted by molar-refractivity contribution is -0.134. The number of aliphatic carboxylic acids is 2. The van der Waals surface area contributed by atoms with Crippen molar-refractivity contribution in [1.29, 1.82) is 0 Å². The molecule has 0 amide bonds. The Balaban J connectivity index is 0.000000279. The third-order valence-corrected chi connectivity index (χ3v) is 5.12. The Morgan fingerprint density at radius 3 is 2.37 bits per heavy atom. The molecule has 0 radical (unpaired) electrons. The van der Waals surface area contributed by atoms with Crippen LogP contribution >= 0.6 is 11.3 Å². The number of carboxylic acids is 2. The van der Waals surface area contributed by atoms with Gasteiger partial charge in [-0.05, 0) is 31.0 Å². The molecular formula is C19H23N3O4S. The summed E-state index contributed by atoms with van der Waals surface area (Å²) in [6.07, 6.45) is 3.05. The number of aromatic nitrogens is 2. The Kier molecular flexibility index (Phi) is 6.70. The molecule has 3 rings (SSSR count). The Bertz CT molecular complexity index is 970. The SMILES string of the molecule is CC(C)c1cc2c(ccc3cnn(C[C@H](C)N)c32)s1.O=C(O)/C=C/C(=O)O. The molecule has 0 fully saturated rings. The summed E-state index contributed by atoms with van der Waals surface area (Å²) in [7, 11) is 0. The first-order valence-electron chi connectivity index (χ1n) is 8.46. The molecule has 2 aromatic heterocycles. The number of nitrogens with two attached hydrogens (primary N) is 1. The van der Waals surface area contributed by atoms with Crippen LogP contribution in [0.25, 0.3) is 21.0 Å². The maximum Gasteiger partial charge on any atom is 0.328 e. The number of carboxylic acid groups (broad SMARTS) is 2. The Morgan fingerprint density at radius 1 is 1.22 bits per heavy atom. The van der Waals surface area contributed by atoms with Crippen LogP contribution in [0.3, 0.4) is 0 Å². The molecule has 0 aliphatic carbocycles. The molecule has 0 unspecified atom stereocenters. The van der Waals surface area contributed by atoms with Crippen LogP contribution in [0.4, 0.5) is 0 Å². The highest BCUT2D eigenvalue weighted by molar-refractivity contribution is 7.19. The molecule has 4 N–H and O–H groups in total. The Morgan fingerprint density at radius 2 is 1.85 bits per heavy atom. The summed E-state index contributed by atoms with van der Waals surface area (Å²) in [6, 6.07) is 6.78. The normalized spacial score (nSPS) is 12.5. The van der Waals surface area contributed by atoms with Crippen molar-refractivity contribution in [2.24, 2.45) is 5.73 Å². The minimum absolute atomic E-state index is 0.113. The van der Waals surface area contributed by atoms with Crippen LogP contribution in [-0.4, -0.2) is 38.0 Å². The zero-order chi connectivity index (χ0) is 20.1. The number of benzene rings is 1. The molecule has 0 saturated carbocycles. The number of thiophene rings is 1. The minimum atomic E-state index is -1.26. The van der Waals surface area contributed by atoms with Gasteiger partial charge in [-0.3, -0.25) is 4.68 Å². The number of hydrogen-bond acceptors (Lipinski definition) is 5. The molecule has 0 bridgehead atoms.